The van der Waals surface area contributed by atoms with E-state index in [2.05, 4.69) is 19.2 Å². The second-order valence-corrected chi connectivity index (χ2v) is 3.14. The summed E-state index contributed by atoms with van der Waals surface area (Å²) < 4.78 is 0. The van der Waals surface area contributed by atoms with Gasteiger partial charge < -0.3 is 5.32 Å². The van der Waals surface area contributed by atoms with Crippen molar-refractivity contribution in [1.29, 1.82) is 0 Å². The first-order valence-corrected chi connectivity index (χ1v) is 4.45. The van der Waals surface area contributed by atoms with Crippen molar-refractivity contribution in [2.45, 2.75) is 39.5 Å². The van der Waals surface area contributed by atoms with Gasteiger partial charge in [-0.15, -0.1) is 0 Å². The highest BCUT2D eigenvalue weighted by Gasteiger charge is 1.98. The van der Waals surface area contributed by atoms with E-state index in [4.69, 9.17) is 0 Å². The number of hydrogen-bond donors (Lipinski definition) is 1. The standard InChI is InChI=1S/C9H21N/c1-4-5-6-9(2)7-8-10-3/h9-10H,4-8H2,1-3H3/t9-/m1/s1. The minimum Gasteiger partial charge on any atom is -0.320 e. The third kappa shape index (κ3) is 6.09. The summed E-state index contributed by atoms with van der Waals surface area (Å²) >= 11 is 0. The van der Waals surface area contributed by atoms with Gasteiger partial charge in [-0.1, -0.05) is 33.1 Å². The van der Waals surface area contributed by atoms with E-state index in [0.29, 0.717) is 0 Å². The second kappa shape index (κ2) is 7.07. The SMILES string of the molecule is CCCC[C@@H](C)CCNC. The third-order valence-electron chi connectivity index (χ3n) is 1.94. The highest BCUT2D eigenvalue weighted by Crippen LogP contribution is 2.10. The highest BCUT2D eigenvalue weighted by atomic mass is 14.8. The van der Waals surface area contributed by atoms with Gasteiger partial charge in [-0.3, -0.25) is 0 Å². The maximum Gasteiger partial charge on any atom is -0.00494 e. The summed E-state index contributed by atoms with van der Waals surface area (Å²) in [6.07, 6.45) is 5.46. The molecule has 0 unspecified atom stereocenters. The van der Waals surface area contributed by atoms with Gasteiger partial charge in [0.05, 0.1) is 0 Å². The van der Waals surface area contributed by atoms with E-state index in [1.807, 2.05) is 7.05 Å². The van der Waals surface area contributed by atoms with Gasteiger partial charge in [0, 0.05) is 0 Å². The van der Waals surface area contributed by atoms with Crippen LogP contribution in [0.4, 0.5) is 0 Å². The van der Waals surface area contributed by atoms with Gasteiger partial charge >= 0.3 is 0 Å². The molecular formula is C9H21N. The Kier molecular flexibility index (Phi) is 7.04. The summed E-state index contributed by atoms with van der Waals surface area (Å²) in [6.45, 7) is 5.77. The predicted octanol–water partition coefficient (Wildman–Crippen LogP) is 2.42. The summed E-state index contributed by atoms with van der Waals surface area (Å²) in [5.41, 5.74) is 0. The normalized spacial score (nSPS) is 13.5. The van der Waals surface area contributed by atoms with Crippen LogP contribution < -0.4 is 5.32 Å². The summed E-state index contributed by atoms with van der Waals surface area (Å²) in [6, 6.07) is 0. The molecule has 0 aromatic rings. The van der Waals surface area contributed by atoms with Gasteiger partial charge in [-0.05, 0) is 25.9 Å². The lowest BCUT2D eigenvalue weighted by Gasteiger charge is -2.08. The average Bonchev–Trinajstić information content (AvgIpc) is 1.97. The van der Waals surface area contributed by atoms with Gasteiger partial charge in [0.1, 0.15) is 0 Å². The van der Waals surface area contributed by atoms with E-state index in [9.17, 15) is 0 Å². The van der Waals surface area contributed by atoms with Crippen LogP contribution in [0.5, 0.6) is 0 Å². The molecule has 0 rings (SSSR count). The fraction of sp³-hybridized carbons (Fsp3) is 1.00. The molecule has 1 heteroatoms. The number of hydrogen-bond acceptors (Lipinski definition) is 1. The maximum absolute atomic E-state index is 3.18. The minimum absolute atomic E-state index is 0.910. The molecule has 0 spiro atoms. The van der Waals surface area contributed by atoms with Crippen molar-refractivity contribution in [2.24, 2.45) is 5.92 Å². The maximum atomic E-state index is 3.18. The van der Waals surface area contributed by atoms with Crippen molar-refractivity contribution in [2.75, 3.05) is 13.6 Å². The van der Waals surface area contributed by atoms with Crippen LogP contribution in [-0.4, -0.2) is 13.6 Å². The van der Waals surface area contributed by atoms with Crippen molar-refractivity contribution >= 4 is 0 Å². The molecule has 62 valence electrons. The van der Waals surface area contributed by atoms with E-state index < -0.39 is 0 Å². The molecule has 0 aliphatic heterocycles. The Labute approximate surface area is 65.2 Å². The number of rotatable bonds is 6. The van der Waals surface area contributed by atoms with Crippen LogP contribution in [0, 0.1) is 5.92 Å². The molecule has 0 aliphatic carbocycles. The summed E-state index contributed by atoms with van der Waals surface area (Å²) in [5, 5.41) is 3.18. The van der Waals surface area contributed by atoms with Gasteiger partial charge in [0.2, 0.25) is 0 Å². The van der Waals surface area contributed by atoms with Crippen molar-refractivity contribution in [3.05, 3.63) is 0 Å². The zero-order valence-corrected chi connectivity index (χ0v) is 7.61. The van der Waals surface area contributed by atoms with E-state index in [-0.39, 0.29) is 0 Å². The molecule has 0 saturated heterocycles. The second-order valence-electron chi connectivity index (χ2n) is 3.14. The molecule has 0 amide bonds. The van der Waals surface area contributed by atoms with Gasteiger partial charge in [0.15, 0.2) is 0 Å². The molecule has 0 aromatic heterocycles. The van der Waals surface area contributed by atoms with Crippen molar-refractivity contribution < 1.29 is 0 Å². The third-order valence-corrected chi connectivity index (χ3v) is 1.94. The largest absolute Gasteiger partial charge is 0.320 e. The topological polar surface area (TPSA) is 12.0 Å². The fourth-order valence-electron chi connectivity index (χ4n) is 1.09. The monoisotopic (exact) mass is 143 g/mol. The molecule has 0 radical (unpaired) electrons. The number of nitrogens with one attached hydrogen (secondary N) is 1. The van der Waals surface area contributed by atoms with Crippen molar-refractivity contribution in [1.82, 2.24) is 5.32 Å². The first-order chi connectivity index (χ1) is 4.81. The van der Waals surface area contributed by atoms with Gasteiger partial charge in [0.25, 0.3) is 0 Å². The minimum atomic E-state index is 0.910. The Balaban J connectivity index is 3.00. The van der Waals surface area contributed by atoms with E-state index in [0.717, 1.165) is 5.92 Å². The smallest absolute Gasteiger partial charge is 0.00494 e. The number of unbranched alkanes of at least 4 members (excludes halogenated alkanes) is 1. The van der Waals surface area contributed by atoms with E-state index >= 15 is 0 Å². The lowest BCUT2D eigenvalue weighted by atomic mass is 10.0. The Morgan fingerprint density at radius 2 is 2.00 bits per heavy atom. The molecule has 0 aliphatic rings. The van der Waals surface area contributed by atoms with Crippen LogP contribution in [0.15, 0.2) is 0 Å². The van der Waals surface area contributed by atoms with Gasteiger partial charge in [-0.2, -0.15) is 0 Å². The highest BCUT2D eigenvalue weighted by molar-refractivity contribution is 4.53. The summed E-state index contributed by atoms with van der Waals surface area (Å²) in [5.74, 6) is 0.910. The summed E-state index contributed by atoms with van der Waals surface area (Å²) in [4.78, 5) is 0. The molecule has 0 heterocycles. The first kappa shape index (κ1) is 9.96. The van der Waals surface area contributed by atoms with Crippen LogP contribution in [0.2, 0.25) is 0 Å². The molecule has 1 nitrogen and oxygen atoms in total. The molecule has 1 atom stereocenters. The quantitative estimate of drug-likeness (QED) is 0.602. The Bertz CT molecular complexity index is 53.7. The Hall–Kier alpha value is -0.0400. The average molecular weight is 143 g/mol. The van der Waals surface area contributed by atoms with Crippen LogP contribution in [0.1, 0.15) is 39.5 Å². The van der Waals surface area contributed by atoms with Crippen molar-refractivity contribution in [3.8, 4) is 0 Å². The molecule has 0 saturated carbocycles. The van der Waals surface area contributed by atoms with Crippen LogP contribution in [-0.2, 0) is 0 Å². The zero-order chi connectivity index (χ0) is 7.82. The summed E-state index contributed by atoms with van der Waals surface area (Å²) in [7, 11) is 2.02. The lowest BCUT2D eigenvalue weighted by molar-refractivity contribution is 0.463. The first-order valence-electron chi connectivity index (χ1n) is 4.45. The molecule has 0 aromatic carbocycles. The molecular weight excluding hydrogens is 122 g/mol. The molecule has 0 bridgehead atoms. The van der Waals surface area contributed by atoms with Crippen LogP contribution in [0.3, 0.4) is 0 Å². The Morgan fingerprint density at radius 1 is 1.30 bits per heavy atom. The van der Waals surface area contributed by atoms with Crippen LogP contribution >= 0.6 is 0 Å². The predicted molar refractivity (Wildman–Crippen MR) is 47.2 cm³/mol. The van der Waals surface area contributed by atoms with E-state index in [1.165, 1.54) is 32.2 Å². The molecule has 0 fully saturated rings. The molecule has 10 heavy (non-hydrogen) atoms. The zero-order valence-electron chi connectivity index (χ0n) is 7.61. The van der Waals surface area contributed by atoms with Gasteiger partial charge in [-0.25, -0.2) is 0 Å². The lowest BCUT2D eigenvalue weighted by Crippen LogP contribution is -2.11. The van der Waals surface area contributed by atoms with Crippen molar-refractivity contribution in [3.63, 3.8) is 0 Å². The van der Waals surface area contributed by atoms with Crippen LogP contribution in [0.25, 0.3) is 0 Å². The molecule has 1 N–H and O–H groups in total. The Morgan fingerprint density at radius 3 is 2.50 bits per heavy atom. The van der Waals surface area contributed by atoms with E-state index in [1.54, 1.807) is 0 Å². The fourth-order valence-corrected chi connectivity index (χ4v) is 1.09.